The average molecular weight is 401 g/mol. The molecule has 0 radical (unpaired) electrons. The summed E-state index contributed by atoms with van der Waals surface area (Å²) in [6.07, 6.45) is 0.796. The van der Waals surface area contributed by atoms with Crippen molar-refractivity contribution in [1.29, 1.82) is 0 Å². The average Bonchev–Trinajstić information content (AvgIpc) is 2.49. The Balaban J connectivity index is 2.52. The number of hydrogen-bond acceptors (Lipinski definition) is 4. The number of aromatic nitrogens is 2. The molecule has 6 heteroatoms. The number of anilines is 1. The lowest BCUT2D eigenvalue weighted by atomic mass is 10.2. The second-order valence-electron chi connectivity index (χ2n) is 4.39. The number of aryl methyl sites for hydroxylation is 1. The number of rotatable bonds is 5. The van der Waals surface area contributed by atoms with Crippen molar-refractivity contribution >= 4 is 28.4 Å². The van der Waals surface area contributed by atoms with Gasteiger partial charge < -0.3 is 10.1 Å². The van der Waals surface area contributed by atoms with Crippen molar-refractivity contribution < 1.29 is 9.13 Å². The zero-order valence-electron chi connectivity index (χ0n) is 12.2. The monoisotopic (exact) mass is 401 g/mol. The molecule has 1 aromatic carbocycles. The molecule has 1 N–H and O–H groups in total. The Bertz CT molecular complexity index is 649. The van der Waals surface area contributed by atoms with E-state index in [1.54, 1.807) is 12.1 Å². The normalized spacial score (nSPS) is 10.5. The van der Waals surface area contributed by atoms with Gasteiger partial charge >= 0.3 is 0 Å². The summed E-state index contributed by atoms with van der Waals surface area (Å²) in [5.41, 5.74) is 1.59. The van der Waals surface area contributed by atoms with E-state index in [9.17, 15) is 4.39 Å². The van der Waals surface area contributed by atoms with Crippen LogP contribution in [0, 0.1) is 9.39 Å². The minimum Gasteiger partial charge on any atom is -0.494 e. The summed E-state index contributed by atoms with van der Waals surface area (Å²) >= 11 is 2.24. The SMILES string of the molecule is CCNc1nc(-c2ccc(OC)c(F)c2)nc(CC)c1I. The highest BCUT2D eigenvalue weighted by molar-refractivity contribution is 14.1. The molecule has 112 valence electrons. The van der Waals surface area contributed by atoms with Crippen molar-refractivity contribution in [2.75, 3.05) is 19.0 Å². The van der Waals surface area contributed by atoms with Crippen LogP contribution in [0.4, 0.5) is 10.2 Å². The van der Waals surface area contributed by atoms with Crippen LogP contribution in [0.1, 0.15) is 19.5 Å². The van der Waals surface area contributed by atoms with Gasteiger partial charge in [-0.3, -0.25) is 0 Å². The molecule has 2 rings (SSSR count). The van der Waals surface area contributed by atoms with Gasteiger partial charge in [0, 0.05) is 12.1 Å². The van der Waals surface area contributed by atoms with Crippen molar-refractivity contribution in [2.45, 2.75) is 20.3 Å². The fraction of sp³-hybridized carbons (Fsp3) is 0.333. The lowest BCUT2D eigenvalue weighted by Gasteiger charge is -2.12. The number of halogens is 2. The van der Waals surface area contributed by atoms with E-state index in [0.29, 0.717) is 11.4 Å². The Morgan fingerprint density at radius 2 is 2.05 bits per heavy atom. The molecule has 0 atom stereocenters. The van der Waals surface area contributed by atoms with E-state index in [0.717, 1.165) is 28.0 Å². The van der Waals surface area contributed by atoms with E-state index in [1.807, 2.05) is 13.8 Å². The van der Waals surface area contributed by atoms with Crippen molar-refractivity contribution in [3.63, 3.8) is 0 Å². The van der Waals surface area contributed by atoms with Crippen LogP contribution in [0.2, 0.25) is 0 Å². The smallest absolute Gasteiger partial charge is 0.165 e. The van der Waals surface area contributed by atoms with Gasteiger partial charge in [0.05, 0.1) is 16.4 Å². The number of methoxy groups -OCH3 is 1. The summed E-state index contributed by atoms with van der Waals surface area (Å²) in [5.74, 6) is 1.10. The third-order valence-corrected chi connectivity index (χ3v) is 4.14. The topological polar surface area (TPSA) is 47.0 Å². The largest absolute Gasteiger partial charge is 0.494 e. The molecule has 21 heavy (non-hydrogen) atoms. The first kappa shape index (κ1) is 15.9. The Morgan fingerprint density at radius 1 is 1.29 bits per heavy atom. The van der Waals surface area contributed by atoms with E-state index in [2.05, 4.69) is 37.9 Å². The zero-order valence-corrected chi connectivity index (χ0v) is 14.4. The quantitative estimate of drug-likeness (QED) is 0.773. The predicted molar refractivity (Wildman–Crippen MR) is 90.2 cm³/mol. The van der Waals surface area contributed by atoms with Crippen molar-refractivity contribution in [3.05, 3.63) is 33.3 Å². The maximum Gasteiger partial charge on any atom is 0.165 e. The van der Waals surface area contributed by atoms with E-state index < -0.39 is 5.82 Å². The highest BCUT2D eigenvalue weighted by atomic mass is 127. The Morgan fingerprint density at radius 3 is 2.62 bits per heavy atom. The standard InChI is InChI=1S/C15H17FIN3O/c1-4-11-13(17)15(18-5-2)20-14(19-11)9-6-7-12(21-3)10(16)8-9/h6-8H,4-5H2,1-3H3,(H,18,19,20). The van der Waals surface area contributed by atoms with Gasteiger partial charge in [-0.05, 0) is 54.1 Å². The lowest BCUT2D eigenvalue weighted by molar-refractivity contribution is 0.386. The second kappa shape index (κ2) is 7.02. The van der Waals surface area contributed by atoms with Crippen LogP contribution in [0.5, 0.6) is 5.75 Å². The molecule has 0 aliphatic rings. The Hall–Kier alpha value is -1.44. The highest BCUT2D eigenvalue weighted by Crippen LogP contribution is 2.27. The summed E-state index contributed by atoms with van der Waals surface area (Å²) in [6.45, 7) is 4.82. The summed E-state index contributed by atoms with van der Waals surface area (Å²) in [6, 6.07) is 4.75. The molecule has 0 unspecified atom stereocenters. The van der Waals surface area contributed by atoms with Crippen molar-refractivity contribution in [1.82, 2.24) is 9.97 Å². The van der Waals surface area contributed by atoms with Crippen molar-refractivity contribution in [3.8, 4) is 17.1 Å². The molecule has 0 amide bonds. The predicted octanol–water partition coefficient (Wildman–Crippen LogP) is 3.89. The molecule has 0 saturated carbocycles. The number of nitrogens with zero attached hydrogens (tertiary/aromatic N) is 2. The minimum atomic E-state index is -0.416. The third-order valence-electron chi connectivity index (χ3n) is 3.01. The number of benzene rings is 1. The van der Waals surface area contributed by atoms with Gasteiger partial charge in [0.15, 0.2) is 17.4 Å². The first-order valence-corrected chi connectivity index (χ1v) is 7.82. The van der Waals surface area contributed by atoms with Crippen LogP contribution in [-0.4, -0.2) is 23.6 Å². The molecule has 0 spiro atoms. The van der Waals surface area contributed by atoms with E-state index in [-0.39, 0.29) is 5.75 Å². The minimum absolute atomic E-state index is 0.215. The molecule has 0 aliphatic carbocycles. The molecule has 2 aromatic rings. The Labute approximate surface area is 137 Å². The molecule has 1 aromatic heterocycles. The first-order chi connectivity index (χ1) is 10.1. The van der Waals surface area contributed by atoms with Crippen LogP contribution in [0.3, 0.4) is 0 Å². The molecule has 0 saturated heterocycles. The van der Waals surface area contributed by atoms with E-state index in [1.165, 1.54) is 13.2 Å². The molecule has 0 fully saturated rings. The van der Waals surface area contributed by atoms with Crippen molar-refractivity contribution in [2.24, 2.45) is 0 Å². The summed E-state index contributed by atoms with van der Waals surface area (Å²) < 4.78 is 19.8. The van der Waals surface area contributed by atoms with Crippen LogP contribution >= 0.6 is 22.6 Å². The first-order valence-electron chi connectivity index (χ1n) is 6.74. The third kappa shape index (κ3) is 3.42. The van der Waals surface area contributed by atoms with Gasteiger partial charge in [0.1, 0.15) is 5.82 Å². The van der Waals surface area contributed by atoms with E-state index >= 15 is 0 Å². The molecule has 0 aliphatic heterocycles. The summed E-state index contributed by atoms with van der Waals surface area (Å²) in [5, 5.41) is 3.22. The molecular weight excluding hydrogens is 384 g/mol. The Kier molecular flexibility index (Phi) is 5.33. The molecular formula is C15H17FIN3O. The van der Waals surface area contributed by atoms with Gasteiger partial charge in [-0.1, -0.05) is 6.92 Å². The fourth-order valence-electron chi connectivity index (χ4n) is 1.95. The lowest BCUT2D eigenvalue weighted by Crippen LogP contribution is -2.07. The van der Waals surface area contributed by atoms with Crippen LogP contribution in [0.15, 0.2) is 18.2 Å². The highest BCUT2D eigenvalue weighted by Gasteiger charge is 2.13. The van der Waals surface area contributed by atoms with E-state index in [4.69, 9.17) is 4.74 Å². The molecule has 0 bridgehead atoms. The number of nitrogens with one attached hydrogen (secondary N) is 1. The number of hydrogen-bond donors (Lipinski definition) is 1. The zero-order chi connectivity index (χ0) is 15.4. The van der Waals surface area contributed by atoms with Crippen LogP contribution in [0.25, 0.3) is 11.4 Å². The van der Waals surface area contributed by atoms with Gasteiger partial charge in [-0.25, -0.2) is 14.4 Å². The fourth-order valence-corrected chi connectivity index (χ4v) is 2.76. The van der Waals surface area contributed by atoms with Gasteiger partial charge in [-0.2, -0.15) is 0 Å². The second-order valence-corrected chi connectivity index (χ2v) is 5.47. The summed E-state index contributed by atoms with van der Waals surface area (Å²) in [4.78, 5) is 9.03. The molecule has 1 heterocycles. The van der Waals surface area contributed by atoms with Crippen LogP contribution in [-0.2, 0) is 6.42 Å². The van der Waals surface area contributed by atoms with Gasteiger partial charge in [0.25, 0.3) is 0 Å². The maximum atomic E-state index is 13.8. The number of ether oxygens (including phenoxy) is 1. The molecule has 4 nitrogen and oxygen atoms in total. The van der Waals surface area contributed by atoms with Crippen LogP contribution < -0.4 is 10.1 Å². The summed E-state index contributed by atoms with van der Waals surface area (Å²) in [7, 11) is 1.44. The van der Waals surface area contributed by atoms with Gasteiger partial charge in [-0.15, -0.1) is 0 Å². The van der Waals surface area contributed by atoms with Gasteiger partial charge in [0.2, 0.25) is 0 Å². The maximum absolute atomic E-state index is 13.8.